The second kappa shape index (κ2) is 7.62. The summed E-state index contributed by atoms with van der Waals surface area (Å²) in [5.74, 6) is 1.92. The van der Waals surface area contributed by atoms with Gasteiger partial charge in [-0.25, -0.2) is 4.98 Å². The molecule has 0 bridgehead atoms. The number of ether oxygens (including phenoxy) is 2. The summed E-state index contributed by atoms with van der Waals surface area (Å²) in [7, 11) is 1.61. The third-order valence-electron chi connectivity index (χ3n) is 1.95. The van der Waals surface area contributed by atoms with E-state index in [2.05, 4.69) is 21.9 Å². The monoisotopic (exact) mass is 237 g/mol. The average Bonchev–Trinajstić information content (AvgIpc) is 2.30. The summed E-state index contributed by atoms with van der Waals surface area (Å²) in [5, 5.41) is 3.13. The largest absolute Gasteiger partial charge is 0.477 e. The third kappa shape index (κ3) is 4.82. The number of hydrogen-bond donors (Lipinski definition) is 1. The second-order valence-electron chi connectivity index (χ2n) is 3.40. The first-order valence-corrected chi connectivity index (χ1v) is 5.64. The van der Waals surface area contributed by atoms with Gasteiger partial charge in [0.05, 0.1) is 6.61 Å². The minimum Gasteiger partial charge on any atom is -0.477 e. The van der Waals surface area contributed by atoms with Crippen LogP contribution < -0.4 is 10.1 Å². The maximum atomic E-state index is 5.50. The minimum absolute atomic E-state index is 0.372. The predicted octanol–water partition coefficient (Wildman–Crippen LogP) is 2.01. The van der Waals surface area contributed by atoms with E-state index in [0.717, 1.165) is 18.8 Å². The zero-order valence-electron chi connectivity index (χ0n) is 10.4. The van der Waals surface area contributed by atoms with Crippen molar-refractivity contribution in [2.24, 2.45) is 0 Å². The van der Waals surface area contributed by atoms with E-state index in [1.807, 2.05) is 13.0 Å². The van der Waals surface area contributed by atoms with Crippen molar-refractivity contribution in [3.8, 4) is 5.88 Å². The molecule has 0 fully saturated rings. The van der Waals surface area contributed by atoms with E-state index in [0.29, 0.717) is 24.9 Å². The highest BCUT2D eigenvalue weighted by Crippen LogP contribution is 2.14. The fourth-order valence-electron chi connectivity index (χ4n) is 1.26. The van der Waals surface area contributed by atoms with Crippen LogP contribution >= 0.6 is 0 Å². The Morgan fingerprint density at radius 2 is 2.29 bits per heavy atom. The Bertz CT molecular complexity index is 331. The van der Waals surface area contributed by atoms with Crippen molar-refractivity contribution in [3.05, 3.63) is 24.5 Å². The minimum atomic E-state index is 0.372. The molecule has 0 saturated heterocycles. The quantitative estimate of drug-likeness (QED) is 0.553. The lowest BCUT2D eigenvalue weighted by molar-refractivity contribution is 0.176. The van der Waals surface area contributed by atoms with Crippen molar-refractivity contribution in [3.63, 3.8) is 0 Å². The molecule has 0 unspecified atom stereocenters. The van der Waals surface area contributed by atoms with Gasteiger partial charge in [0, 0.05) is 19.7 Å². The number of anilines is 1. The van der Waals surface area contributed by atoms with Gasteiger partial charge in [0.1, 0.15) is 12.4 Å². The van der Waals surface area contributed by atoms with Crippen molar-refractivity contribution < 1.29 is 9.47 Å². The van der Waals surface area contributed by atoms with E-state index in [9.17, 15) is 0 Å². The summed E-state index contributed by atoms with van der Waals surface area (Å²) in [6, 6.07) is 1.78. The van der Waals surface area contributed by atoms with E-state index in [-0.39, 0.29) is 0 Å². The summed E-state index contributed by atoms with van der Waals surface area (Å²) in [5.41, 5.74) is 0. The molecule has 1 aromatic rings. The summed E-state index contributed by atoms with van der Waals surface area (Å²) in [6.07, 6.45) is 2.60. The third-order valence-corrected chi connectivity index (χ3v) is 1.95. The topological polar surface area (TPSA) is 56.3 Å². The molecule has 5 heteroatoms. The summed E-state index contributed by atoms with van der Waals surface area (Å²) < 4.78 is 10.5. The molecule has 0 radical (unpaired) electrons. The standard InChI is InChI=1S/C12H19N3O2/c1-4-6-7-17-12-8-10(13-5-2)14-11(15-12)9-16-3/h4,8H,1,5-7,9H2,2-3H3,(H,13,14,15). The number of nitrogens with one attached hydrogen (secondary N) is 1. The number of methoxy groups -OCH3 is 1. The van der Waals surface area contributed by atoms with Gasteiger partial charge in [-0.05, 0) is 13.3 Å². The van der Waals surface area contributed by atoms with Gasteiger partial charge in [0.2, 0.25) is 5.88 Å². The van der Waals surface area contributed by atoms with Gasteiger partial charge in [-0.3, -0.25) is 0 Å². The molecule has 17 heavy (non-hydrogen) atoms. The summed E-state index contributed by atoms with van der Waals surface area (Å²) >= 11 is 0. The second-order valence-corrected chi connectivity index (χ2v) is 3.40. The highest BCUT2D eigenvalue weighted by molar-refractivity contribution is 5.38. The van der Waals surface area contributed by atoms with Crippen LogP contribution in [0.25, 0.3) is 0 Å². The van der Waals surface area contributed by atoms with Crippen molar-refractivity contribution in [1.29, 1.82) is 0 Å². The van der Waals surface area contributed by atoms with Gasteiger partial charge in [0.15, 0.2) is 5.82 Å². The summed E-state index contributed by atoms with van der Waals surface area (Å²) in [4.78, 5) is 8.54. The Labute approximate surface area is 102 Å². The smallest absolute Gasteiger partial charge is 0.218 e. The normalized spacial score (nSPS) is 10.0. The van der Waals surface area contributed by atoms with Crippen LogP contribution in [0.4, 0.5) is 5.82 Å². The molecule has 0 aromatic carbocycles. The molecule has 0 aliphatic heterocycles. The molecule has 0 aliphatic carbocycles. The molecular weight excluding hydrogens is 218 g/mol. The zero-order chi connectivity index (χ0) is 12.5. The van der Waals surface area contributed by atoms with Crippen LogP contribution in [0.3, 0.4) is 0 Å². The molecule has 1 heterocycles. The van der Waals surface area contributed by atoms with Crippen LogP contribution in [-0.4, -0.2) is 30.2 Å². The fraction of sp³-hybridized carbons (Fsp3) is 0.500. The molecule has 1 aromatic heterocycles. The van der Waals surface area contributed by atoms with Gasteiger partial charge < -0.3 is 14.8 Å². The predicted molar refractivity (Wildman–Crippen MR) is 67.2 cm³/mol. The Balaban J connectivity index is 2.75. The molecule has 94 valence electrons. The van der Waals surface area contributed by atoms with E-state index in [1.165, 1.54) is 0 Å². The van der Waals surface area contributed by atoms with E-state index in [1.54, 1.807) is 13.2 Å². The SMILES string of the molecule is C=CCCOc1cc(NCC)nc(COC)n1. The Hall–Kier alpha value is -1.62. The first-order valence-electron chi connectivity index (χ1n) is 5.64. The molecular formula is C12H19N3O2. The number of nitrogens with zero attached hydrogens (tertiary/aromatic N) is 2. The first kappa shape index (κ1) is 13.4. The van der Waals surface area contributed by atoms with Crippen LogP contribution in [0.1, 0.15) is 19.2 Å². The van der Waals surface area contributed by atoms with Gasteiger partial charge in [-0.1, -0.05) is 6.08 Å². The maximum absolute atomic E-state index is 5.50. The lowest BCUT2D eigenvalue weighted by atomic mass is 10.4. The molecule has 0 spiro atoms. The van der Waals surface area contributed by atoms with Crippen LogP contribution in [0.15, 0.2) is 18.7 Å². The fourth-order valence-corrected chi connectivity index (χ4v) is 1.26. The van der Waals surface area contributed by atoms with Crippen LogP contribution in [-0.2, 0) is 11.3 Å². The van der Waals surface area contributed by atoms with Gasteiger partial charge in [0.25, 0.3) is 0 Å². The number of rotatable bonds is 8. The molecule has 0 atom stereocenters. The molecule has 1 N–H and O–H groups in total. The Morgan fingerprint density at radius 1 is 1.47 bits per heavy atom. The van der Waals surface area contributed by atoms with Crippen molar-refractivity contribution in [2.75, 3.05) is 25.6 Å². The molecule has 5 nitrogen and oxygen atoms in total. The first-order chi connectivity index (χ1) is 8.30. The maximum Gasteiger partial charge on any atom is 0.218 e. The Morgan fingerprint density at radius 3 is 2.94 bits per heavy atom. The number of aromatic nitrogens is 2. The molecule has 0 amide bonds. The summed E-state index contributed by atoms with van der Waals surface area (Å²) in [6.45, 7) is 7.39. The van der Waals surface area contributed by atoms with E-state index in [4.69, 9.17) is 9.47 Å². The van der Waals surface area contributed by atoms with E-state index >= 15 is 0 Å². The van der Waals surface area contributed by atoms with Crippen molar-refractivity contribution in [1.82, 2.24) is 9.97 Å². The average molecular weight is 237 g/mol. The highest BCUT2D eigenvalue weighted by atomic mass is 16.5. The van der Waals surface area contributed by atoms with Crippen LogP contribution in [0.2, 0.25) is 0 Å². The zero-order valence-corrected chi connectivity index (χ0v) is 10.4. The lowest BCUT2D eigenvalue weighted by Gasteiger charge is -2.09. The molecule has 0 saturated carbocycles. The number of hydrogen-bond acceptors (Lipinski definition) is 5. The van der Waals surface area contributed by atoms with Crippen molar-refractivity contribution in [2.45, 2.75) is 20.0 Å². The van der Waals surface area contributed by atoms with Crippen molar-refractivity contribution >= 4 is 5.82 Å². The van der Waals surface area contributed by atoms with Gasteiger partial charge >= 0.3 is 0 Å². The lowest BCUT2D eigenvalue weighted by Crippen LogP contribution is -2.07. The van der Waals surface area contributed by atoms with Crippen LogP contribution in [0.5, 0.6) is 5.88 Å². The Kier molecular flexibility index (Phi) is 6.03. The highest BCUT2D eigenvalue weighted by Gasteiger charge is 2.04. The van der Waals surface area contributed by atoms with E-state index < -0.39 is 0 Å². The van der Waals surface area contributed by atoms with Crippen LogP contribution in [0, 0.1) is 0 Å². The van der Waals surface area contributed by atoms with Gasteiger partial charge in [-0.15, -0.1) is 6.58 Å². The van der Waals surface area contributed by atoms with Gasteiger partial charge in [-0.2, -0.15) is 4.98 Å². The molecule has 1 rings (SSSR count). The molecule has 0 aliphatic rings.